The van der Waals surface area contributed by atoms with Gasteiger partial charge in [-0.05, 0) is 30.7 Å². The third kappa shape index (κ3) is 8.37. The Morgan fingerprint density at radius 3 is 2.59 bits per heavy atom. The zero-order valence-corrected chi connectivity index (χ0v) is 17.0. The molecule has 0 aliphatic heterocycles. The van der Waals surface area contributed by atoms with Gasteiger partial charge in [0, 0.05) is 23.7 Å². The van der Waals surface area contributed by atoms with E-state index in [-0.39, 0.29) is 19.0 Å². The minimum atomic E-state index is 0. The molecule has 2 aromatic carbocycles. The van der Waals surface area contributed by atoms with Crippen LogP contribution in [0.3, 0.4) is 0 Å². The standard InChI is InChI=1S/C20H26ClNO4.ClH/c1-2-25-20-13-16(14-22-9-11-24-12-10-23)7-8-19(20)26-15-17-5-3-4-6-18(17)21;/h3-8,13,22-23H,2,9-12,14-15H2,1H3;1H. The lowest BCUT2D eigenvalue weighted by Gasteiger charge is -2.14. The summed E-state index contributed by atoms with van der Waals surface area (Å²) >= 11 is 6.18. The van der Waals surface area contributed by atoms with Crippen molar-refractivity contribution in [2.45, 2.75) is 20.1 Å². The van der Waals surface area contributed by atoms with Gasteiger partial charge in [-0.3, -0.25) is 0 Å². The molecule has 0 atom stereocenters. The molecule has 0 aliphatic carbocycles. The van der Waals surface area contributed by atoms with Gasteiger partial charge >= 0.3 is 0 Å². The van der Waals surface area contributed by atoms with Crippen molar-refractivity contribution in [3.63, 3.8) is 0 Å². The molecule has 7 heteroatoms. The second-order valence-electron chi connectivity index (χ2n) is 5.61. The molecule has 5 nitrogen and oxygen atoms in total. The van der Waals surface area contributed by atoms with E-state index in [4.69, 9.17) is 30.9 Å². The predicted octanol–water partition coefficient (Wildman–Crippen LogP) is 3.84. The Labute approximate surface area is 172 Å². The Balaban J connectivity index is 0.00000364. The SMILES string of the molecule is CCOc1cc(CNCCOCCO)ccc1OCc1ccccc1Cl.Cl. The molecule has 0 aliphatic rings. The largest absolute Gasteiger partial charge is 0.490 e. The second kappa shape index (κ2) is 13.6. The molecule has 0 amide bonds. The lowest BCUT2D eigenvalue weighted by atomic mass is 10.2. The van der Waals surface area contributed by atoms with Gasteiger partial charge in [0.1, 0.15) is 6.61 Å². The Bertz CT molecular complexity index is 670. The van der Waals surface area contributed by atoms with Gasteiger partial charge in [0.15, 0.2) is 11.5 Å². The average Bonchev–Trinajstić information content (AvgIpc) is 2.65. The summed E-state index contributed by atoms with van der Waals surface area (Å²) in [5.41, 5.74) is 2.03. The molecule has 150 valence electrons. The Hall–Kier alpha value is -1.50. The molecular formula is C20H27Cl2NO4. The number of ether oxygens (including phenoxy) is 3. The van der Waals surface area contributed by atoms with Crippen LogP contribution in [0.15, 0.2) is 42.5 Å². The number of nitrogens with one attached hydrogen (secondary N) is 1. The smallest absolute Gasteiger partial charge is 0.161 e. The highest BCUT2D eigenvalue weighted by Gasteiger charge is 2.08. The zero-order valence-electron chi connectivity index (χ0n) is 15.4. The third-order valence-corrected chi connectivity index (χ3v) is 4.01. The van der Waals surface area contributed by atoms with Crippen molar-refractivity contribution in [3.8, 4) is 11.5 Å². The van der Waals surface area contributed by atoms with Crippen molar-refractivity contribution < 1.29 is 19.3 Å². The molecule has 0 unspecified atom stereocenters. The van der Waals surface area contributed by atoms with Crippen LogP contribution >= 0.6 is 24.0 Å². The van der Waals surface area contributed by atoms with Crippen molar-refractivity contribution in [1.82, 2.24) is 5.32 Å². The molecule has 0 saturated heterocycles. The van der Waals surface area contributed by atoms with Crippen LogP contribution in [0.25, 0.3) is 0 Å². The quantitative estimate of drug-likeness (QED) is 0.515. The summed E-state index contributed by atoms with van der Waals surface area (Å²) in [4.78, 5) is 0. The number of halogens is 2. The maximum atomic E-state index is 8.66. The minimum Gasteiger partial charge on any atom is -0.490 e. The van der Waals surface area contributed by atoms with E-state index in [1.165, 1.54) is 0 Å². The number of aliphatic hydroxyl groups is 1. The number of rotatable bonds is 12. The number of hydrogen-bond donors (Lipinski definition) is 2. The predicted molar refractivity (Wildman–Crippen MR) is 110 cm³/mol. The van der Waals surface area contributed by atoms with Crippen LogP contribution in [0.2, 0.25) is 5.02 Å². The lowest BCUT2D eigenvalue weighted by molar-refractivity contribution is 0.0938. The van der Waals surface area contributed by atoms with Crippen molar-refractivity contribution in [2.75, 3.05) is 33.0 Å². The first-order chi connectivity index (χ1) is 12.7. The van der Waals surface area contributed by atoms with Crippen molar-refractivity contribution in [2.24, 2.45) is 0 Å². The van der Waals surface area contributed by atoms with E-state index in [0.717, 1.165) is 16.9 Å². The molecular weight excluding hydrogens is 389 g/mol. The third-order valence-electron chi connectivity index (χ3n) is 3.64. The summed E-state index contributed by atoms with van der Waals surface area (Å²) in [5, 5.41) is 12.6. The molecule has 0 spiro atoms. The van der Waals surface area contributed by atoms with Crippen LogP contribution in [-0.4, -0.2) is 38.1 Å². The number of benzene rings is 2. The summed E-state index contributed by atoms with van der Waals surface area (Å²) < 4.78 is 16.8. The average molecular weight is 416 g/mol. The van der Waals surface area contributed by atoms with E-state index in [1.807, 2.05) is 49.4 Å². The summed E-state index contributed by atoms with van der Waals surface area (Å²) in [6, 6.07) is 13.5. The molecule has 0 aromatic heterocycles. The maximum Gasteiger partial charge on any atom is 0.161 e. The van der Waals surface area contributed by atoms with Crippen molar-refractivity contribution in [3.05, 3.63) is 58.6 Å². The summed E-state index contributed by atoms with van der Waals surface area (Å²) in [7, 11) is 0. The van der Waals surface area contributed by atoms with Gasteiger partial charge in [-0.15, -0.1) is 12.4 Å². The first kappa shape index (κ1) is 23.5. The maximum absolute atomic E-state index is 8.66. The van der Waals surface area contributed by atoms with E-state index in [2.05, 4.69) is 5.32 Å². The normalized spacial score (nSPS) is 10.3. The molecule has 0 fully saturated rings. The van der Waals surface area contributed by atoms with E-state index in [9.17, 15) is 0 Å². The van der Waals surface area contributed by atoms with E-state index >= 15 is 0 Å². The minimum absolute atomic E-state index is 0. The van der Waals surface area contributed by atoms with E-state index < -0.39 is 0 Å². The Morgan fingerprint density at radius 1 is 1.04 bits per heavy atom. The highest BCUT2D eigenvalue weighted by molar-refractivity contribution is 6.31. The molecule has 27 heavy (non-hydrogen) atoms. The van der Waals surface area contributed by atoms with Gasteiger partial charge < -0.3 is 24.6 Å². The molecule has 2 N–H and O–H groups in total. The van der Waals surface area contributed by atoms with Gasteiger partial charge in [0.2, 0.25) is 0 Å². The second-order valence-corrected chi connectivity index (χ2v) is 6.01. The van der Waals surface area contributed by atoms with Crippen LogP contribution in [0, 0.1) is 0 Å². The van der Waals surface area contributed by atoms with E-state index in [0.29, 0.717) is 50.3 Å². The highest BCUT2D eigenvalue weighted by atomic mass is 35.5. The first-order valence-corrected chi connectivity index (χ1v) is 9.13. The molecule has 0 bridgehead atoms. The van der Waals surface area contributed by atoms with Crippen molar-refractivity contribution in [1.29, 1.82) is 0 Å². The lowest BCUT2D eigenvalue weighted by Crippen LogP contribution is -2.20. The van der Waals surface area contributed by atoms with Gasteiger partial charge in [-0.25, -0.2) is 0 Å². The molecule has 0 heterocycles. The molecule has 0 saturated carbocycles. The number of aliphatic hydroxyl groups excluding tert-OH is 1. The molecule has 2 rings (SSSR count). The number of hydrogen-bond acceptors (Lipinski definition) is 5. The fraction of sp³-hybridized carbons (Fsp3) is 0.400. The van der Waals surface area contributed by atoms with Gasteiger partial charge in [-0.1, -0.05) is 35.9 Å². The first-order valence-electron chi connectivity index (χ1n) is 8.75. The van der Waals surface area contributed by atoms with Crippen LogP contribution in [-0.2, 0) is 17.9 Å². The fourth-order valence-electron chi connectivity index (χ4n) is 2.36. The summed E-state index contributed by atoms with van der Waals surface area (Å²) in [5.74, 6) is 1.41. The topological polar surface area (TPSA) is 60.0 Å². The van der Waals surface area contributed by atoms with Gasteiger partial charge in [-0.2, -0.15) is 0 Å². The Kier molecular flexibility index (Phi) is 11.9. The summed E-state index contributed by atoms with van der Waals surface area (Å²) in [6.45, 7) is 5.30. The van der Waals surface area contributed by atoms with Crippen LogP contribution < -0.4 is 14.8 Å². The van der Waals surface area contributed by atoms with E-state index in [1.54, 1.807) is 0 Å². The highest BCUT2D eigenvalue weighted by Crippen LogP contribution is 2.30. The van der Waals surface area contributed by atoms with Crippen LogP contribution in [0.1, 0.15) is 18.1 Å². The molecule has 2 aromatic rings. The zero-order chi connectivity index (χ0) is 18.6. The van der Waals surface area contributed by atoms with Crippen LogP contribution in [0.5, 0.6) is 11.5 Å². The van der Waals surface area contributed by atoms with Gasteiger partial charge in [0.25, 0.3) is 0 Å². The monoisotopic (exact) mass is 415 g/mol. The Morgan fingerprint density at radius 2 is 1.85 bits per heavy atom. The molecule has 0 radical (unpaired) electrons. The summed E-state index contributed by atoms with van der Waals surface area (Å²) in [6.07, 6.45) is 0. The van der Waals surface area contributed by atoms with Gasteiger partial charge in [0.05, 0.1) is 26.4 Å². The van der Waals surface area contributed by atoms with Crippen molar-refractivity contribution >= 4 is 24.0 Å². The van der Waals surface area contributed by atoms with Crippen LogP contribution in [0.4, 0.5) is 0 Å². The fourth-order valence-corrected chi connectivity index (χ4v) is 2.55.